The molecule has 0 aromatic carbocycles. The average molecular weight is 170 g/mol. The van der Waals surface area contributed by atoms with Crippen LogP contribution in [-0.2, 0) is 0 Å². The number of nitrogens with zero attached hydrogens (tertiary/aromatic N) is 2. The van der Waals surface area contributed by atoms with E-state index in [-0.39, 0.29) is 0 Å². The van der Waals surface area contributed by atoms with E-state index >= 15 is 0 Å². The van der Waals surface area contributed by atoms with Crippen LogP contribution in [0.1, 0.15) is 6.42 Å². The highest BCUT2D eigenvalue weighted by Gasteiger charge is 1.94. The first-order valence-electron chi connectivity index (χ1n) is 3.74. The third-order valence-corrected chi connectivity index (χ3v) is 1.28. The summed E-state index contributed by atoms with van der Waals surface area (Å²) in [6, 6.07) is 0. The quantitative estimate of drug-likeness (QED) is 0.641. The number of hydrogen-bond donors (Lipinski definition) is 2. The molecule has 0 saturated carbocycles. The van der Waals surface area contributed by atoms with Crippen molar-refractivity contribution in [2.75, 3.05) is 18.4 Å². The highest BCUT2D eigenvalue weighted by molar-refractivity contribution is 5.21. The topological polar surface area (TPSA) is 63.8 Å². The second-order valence-corrected chi connectivity index (χ2v) is 2.29. The smallest absolute Gasteiger partial charge is 0.222 e. The minimum Gasteiger partial charge on any atom is -0.354 e. The number of aromatic nitrogens is 2. The summed E-state index contributed by atoms with van der Waals surface area (Å²) in [5.41, 5.74) is 5.28. The van der Waals surface area contributed by atoms with Crippen LogP contribution in [0.5, 0.6) is 0 Å². The fraction of sp³-hybridized carbons (Fsp3) is 0.429. The normalized spacial score (nSPS) is 9.83. The van der Waals surface area contributed by atoms with Crippen LogP contribution in [0.3, 0.4) is 0 Å². The van der Waals surface area contributed by atoms with Crippen molar-refractivity contribution in [3.8, 4) is 0 Å². The number of nitrogens with one attached hydrogen (secondary N) is 1. The molecule has 0 aliphatic heterocycles. The van der Waals surface area contributed by atoms with Gasteiger partial charge in [-0.25, -0.2) is 14.4 Å². The van der Waals surface area contributed by atoms with E-state index < -0.39 is 5.82 Å². The molecule has 66 valence electrons. The molecule has 5 heteroatoms. The third kappa shape index (κ3) is 2.79. The average Bonchev–Trinajstić information content (AvgIpc) is 2.09. The molecule has 4 nitrogen and oxygen atoms in total. The van der Waals surface area contributed by atoms with Crippen molar-refractivity contribution in [3.05, 3.63) is 18.2 Å². The Kier molecular flexibility index (Phi) is 3.40. The van der Waals surface area contributed by atoms with Crippen molar-refractivity contribution >= 4 is 5.95 Å². The Bertz CT molecular complexity index is 223. The Morgan fingerprint density at radius 2 is 2.08 bits per heavy atom. The molecular weight excluding hydrogens is 159 g/mol. The molecule has 3 N–H and O–H groups in total. The van der Waals surface area contributed by atoms with Gasteiger partial charge in [-0.1, -0.05) is 0 Å². The molecule has 0 spiro atoms. The molecule has 0 atom stereocenters. The molecule has 12 heavy (non-hydrogen) atoms. The maximum Gasteiger partial charge on any atom is 0.222 e. The summed E-state index contributed by atoms with van der Waals surface area (Å²) < 4.78 is 12.3. The highest BCUT2D eigenvalue weighted by atomic mass is 19.1. The third-order valence-electron chi connectivity index (χ3n) is 1.28. The molecule has 1 rings (SSSR count). The fourth-order valence-electron chi connectivity index (χ4n) is 0.706. The molecule has 0 fully saturated rings. The zero-order valence-corrected chi connectivity index (χ0v) is 6.63. The SMILES string of the molecule is NCCCNc1ncc(F)cn1. The van der Waals surface area contributed by atoms with Gasteiger partial charge in [0.25, 0.3) is 0 Å². The molecule has 0 saturated heterocycles. The molecular formula is C7H11FN4. The summed E-state index contributed by atoms with van der Waals surface area (Å²) in [5, 5.41) is 2.90. The maximum absolute atomic E-state index is 12.3. The van der Waals surface area contributed by atoms with Gasteiger partial charge in [0.1, 0.15) is 0 Å². The first-order valence-corrected chi connectivity index (χ1v) is 3.74. The molecule has 1 aromatic heterocycles. The number of anilines is 1. The van der Waals surface area contributed by atoms with Gasteiger partial charge < -0.3 is 11.1 Å². The van der Waals surface area contributed by atoms with E-state index in [0.717, 1.165) is 18.8 Å². The van der Waals surface area contributed by atoms with E-state index in [1.165, 1.54) is 0 Å². The lowest BCUT2D eigenvalue weighted by molar-refractivity contribution is 0.614. The van der Waals surface area contributed by atoms with E-state index in [0.29, 0.717) is 19.0 Å². The summed E-state index contributed by atoms with van der Waals surface area (Å²) in [4.78, 5) is 7.42. The number of rotatable bonds is 4. The predicted octanol–water partition coefficient (Wildman–Crippen LogP) is 0.376. The van der Waals surface area contributed by atoms with Gasteiger partial charge in [-0.05, 0) is 13.0 Å². The summed E-state index contributed by atoms with van der Waals surface area (Å²) in [7, 11) is 0. The van der Waals surface area contributed by atoms with Crippen molar-refractivity contribution in [1.29, 1.82) is 0 Å². The van der Waals surface area contributed by atoms with Crippen LogP contribution in [0, 0.1) is 5.82 Å². The van der Waals surface area contributed by atoms with Crippen LogP contribution in [0.15, 0.2) is 12.4 Å². The first kappa shape index (κ1) is 8.86. The van der Waals surface area contributed by atoms with Crippen LogP contribution >= 0.6 is 0 Å². The van der Waals surface area contributed by atoms with Crippen LogP contribution < -0.4 is 11.1 Å². The first-order chi connectivity index (χ1) is 5.83. The highest BCUT2D eigenvalue weighted by Crippen LogP contribution is 1.97. The Labute approximate surface area is 70.0 Å². The minimum atomic E-state index is -0.431. The molecule has 0 amide bonds. The van der Waals surface area contributed by atoms with Gasteiger partial charge in [-0.2, -0.15) is 0 Å². The number of halogens is 1. The van der Waals surface area contributed by atoms with Crippen LogP contribution in [0.2, 0.25) is 0 Å². The second-order valence-electron chi connectivity index (χ2n) is 2.29. The summed E-state index contributed by atoms with van der Waals surface area (Å²) in [5.74, 6) is 0.00391. The van der Waals surface area contributed by atoms with Gasteiger partial charge >= 0.3 is 0 Å². The summed E-state index contributed by atoms with van der Waals surface area (Å²) >= 11 is 0. The fourth-order valence-corrected chi connectivity index (χ4v) is 0.706. The second kappa shape index (κ2) is 4.61. The molecule has 0 aliphatic carbocycles. The zero-order valence-electron chi connectivity index (χ0n) is 6.63. The van der Waals surface area contributed by atoms with Crippen molar-refractivity contribution < 1.29 is 4.39 Å². The predicted molar refractivity (Wildman–Crippen MR) is 44.2 cm³/mol. The van der Waals surface area contributed by atoms with E-state index in [1.807, 2.05) is 0 Å². The maximum atomic E-state index is 12.3. The van der Waals surface area contributed by atoms with Gasteiger partial charge in [0.2, 0.25) is 5.95 Å². The monoisotopic (exact) mass is 170 g/mol. The Morgan fingerprint density at radius 3 is 2.67 bits per heavy atom. The lowest BCUT2D eigenvalue weighted by Crippen LogP contribution is -2.10. The van der Waals surface area contributed by atoms with Crippen LogP contribution in [0.4, 0.5) is 10.3 Å². The van der Waals surface area contributed by atoms with Crippen molar-refractivity contribution in [2.45, 2.75) is 6.42 Å². The van der Waals surface area contributed by atoms with Gasteiger partial charge in [0.15, 0.2) is 5.82 Å². The summed E-state index contributed by atoms with van der Waals surface area (Å²) in [6.07, 6.45) is 3.09. The standard InChI is InChI=1S/C7H11FN4/c8-6-4-11-7(12-5-6)10-3-1-2-9/h4-5H,1-3,9H2,(H,10,11,12). The van der Waals surface area contributed by atoms with Crippen LogP contribution in [0.25, 0.3) is 0 Å². The largest absolute Gasteiger partial charge is 0.354 e. The van der Waals surface area contributed by atoms with E-state index in [2.05, 4.69) is 15.3 Å². The zero-order chi connectivity index (χ0) is 8.81. The van der Waals surface area contributed by atoms with Gasteiger partial charge in [-0.3, -0.25) is 0 Å². The molecule has 0 aliphatic rings. The van der Waals surface area contributed by atoms with Crippen molar-refractivity contribution in [2.24, 2.45) is 5.73 Å². The minimum absolute atomic E-state index is 0.431. The number of hydrogen-bond acceptors (Lipinski definition) is 4. The summed E-state index contributed by atoms with van der Waals surface area (Å²) in [6.45, 7) is 1.33. The Morgan fingerprint density at radius 1 is 1.42 bits per heavy atom. The lowest BCUT2D eigenvalue weighted by Gasteiger charge is -2.01. The van der Waals surface area contributed by atoms with E-state index in [1.54, 1.807) is 0 Å². The van der Waals surface area contributed by atoms with Crippen LogP contribution in [-0.4, -0.2) is 23.1 Å². The molecule has 0 unspecified atom stereocenters. The van der Waals surface area contributed by atoms with Crippen molar-refractivity contribution in [3.63, 3.8) is 0 Å². The Hall–Kier alpha value is -1.23. The lowest BCUT2D eigenvalue weighted by atomic mass is 10.4. The van der Waals surface area contributed by atoms with Gasteiger partial charge in [-0.15, -0.1) is 0 Å². The number of nitrogens with two attached hydrogens (primary N) is 1. The molecule has 0 radical (unpaired) electrons. The van der Waals surface area contributed by atoms with E-state index in [4.69, 9.17) is 5.73 Å². The Balaban J connectivity index is 2.37. The van der Waals surface area contributed by atoms with Crippen molar-refractivity contribution in [1.82, 2.24) is 9.97 Å². The molecule has 1 aromatic rings. The van der Waals surface area contributed by atoms with Gasteiger partial charge in [0, 0.05) is 6.54 Å². The van der Waals surface area contributed by atoms with Gasteiger partial charge in [0.05, 0.1) is 12.4 Å². The molecule has 0 bridgehead atoms. The van der Waals surface area contributed by atoms with E-state index in [9.17, 15) is 4.39 Å². The molecule has 1 heterocycles.